The third-order valence-corrected chi connectivity index (χ3v) is 3.87. The van der Waals surface area contributed by atoms with Crippen LogP contribution < -0.4 is 0 Å². The molecule has 6 nitrogen and oxygen atoms in total. The number of hydrogen-bond acceptors (Lipinski definition) is 5. The molecule has 1 fully saturated rings. The molecule has 0 atom stereocenters. The standard InChI is InChI=1S/C16H18N2O4/c1-21-14(19)16(12-17)7-9-18(10-8-16)15(20)22-11-13-5-3-2-4-6-13/h2-6H,7-11H2,1H3. The smallest absolute Gasteiger partial charge is 0.410 e. The molecule has 22 heavy (non-hydrogen) atoms. The third-order valence-electron chi connectivity index (χ3n) is 3.87. The zero-order valence-corrected chi connectivity index (χ0v) is 12.4. The van der Waals surface area contributed by atoms with E-state index in [0.717, 1.165) is 5.56 Å². The molecule has 0 bridgehead atoms. The fourth-order valence-electron chi connectivity index (χ4n) is 2.44. The monoisotopic (exact) mass is 302 g/mol. The minimum Gasteiger partial charge on any atom is -0.468 e. The summed E-state index contributed by atoms with van der Waals surface area (Å²) < 4.78 is 9.93. The Kier molecular flexibility index (Phi) is 4.99. The summed E-state index contributed by atoms with van der Waals surface area (Å²) in [5.41, 5.74) is -0.237. The van der Waals surface area contributed by atoms with Gasteiger partial charge in [-0.1, -0.05) is 30.3 Å². The van der Waals surface area contributed by atoms with Crippen molar-refractivity contribution in [2.24, 2.45) is 5.41 Å². The summed E-state index contributed by atoms with van der Waals surface area (Å²) in [7, 11) is 1.27. The first kappa shape index (κ1) is 15.8. The molecule has 0 aromatic heterocycles. The maximum Gasteiger partial charge on any atom is 0.410 e. The number of carbonyl (C=O) groups is 2. The Morgan fingerprint density at radius 2 is 1.91 bits per heavy atom. The number of nitriles is 1. The maximum atomic E-state index is 12.0. The molecule has 1 aromatic carbocycles. The van der Waals surface area contributed by atoms with E-state index >= 15 is 0 Å². The van der Waals surface area contributed by atoms with E-state index in [1.165, 1.54) is 12.0 Å². The van der Waals surface area contributed by atoms with Crippen molar-refractivity contribution in [1.82, 2.24) is 4.90 Å². The molecule has 1 saturated heterocycles. The molecule has 116 valence electrons. The molecule has 0 aliphatic carbocycles. The highest BCUT2D eigenvalue weighted by atomic mass is 16.6. The fourth-order valence-corrected chi connectivity index (χ4v) is 2.44. The summed E-state index contributed by atoms with van der Waals surface area (Å²) in [6.07, 6.45) is 0.0907. The molecule has 0 radical (unpaired) electrons. The van der Waals surface area contributed by atoms with Crippen LogP contribution >= 0.6 is 0 Å². The first-order chi connectivity index (χ1) is 10.6. The molecule has 2 rings (SSSR count). The molecule has 1 aromatic rings. The second-order valence-electron chi connectivity index (χ2n) is 5.21. The van der Waals surface area contributed by atoms with E-state index in [-0.39, 0.29) is 19.4 Å². The zero-order chi connectivity index (χ0) is 16.0. The molecule has 6 heteroatoms. The number of nitrogens with zero attached hydrogens (tertiary/aromatic N) is 2. The van der Waals surface area contributed by atoms with Crippen LogP contribution in [0.25, 0.3) is 0 Å². The lowest BCUT2D eigenvalue weighted by Crippen LogP contribution is -2.46. The van der Waals surface area contributed by atoms with E-state index in [9.17, 15) is 14.9 Å². The van der Waals surface area contributed by atoms with Crippen LogP contribution in [0.1, 0.15) is 18.4 Å². The van der Waals surface area contributed by atoms with Gasteiger partial charge in [0.1, 0.15) is 6.61 Å². The summed E-state index contributed by atoms with van der Waals surface area (Å²) in [6.45, 7) is 0.809. The molecule has 1 heterocycles. The average molecular weight is 302 g/mol. The van der Waals surface area contributed by atoms with Gasteiger partial charge in [0.05, 0.1) is 13.2 Å². The lowest BCUT2D eigenvalue weighted by atomic mass is 9.80. The Morgan fingerprint density at radius 1 is 1.27 bits per heavy atom. The Balaban J connectivity index is 1.87. The summed E-state index contributed by atoms with van der Waals surface area (Å²) >= 11 is 0. The molecule has 0 spiro atoms. The Morgan fingerprint density at radius 3 is 2.45 bits per heavy atom. The van der Waals surface area contributed by atoms with E-state index in [1.54, 1.807) is 0 Å². The van der Waals surface area contributed by atoms with Crippen molar-refractivity contribution < 1.29 is 19.1 Å². The molecular formula is C16H18N2O4. The van der Waals surface area contributed by atoms with Gasteiger partial charge >= 0.3 is 12.1 Å². The number of methoxy groups -OCH3 is 1. The molecule has 1 amide bonds. The number of amides is 1. The van der Waals surface area contributed by atoms with Crippen molar-refractivity contribution in [2.75, 3.05) is 20.2 Å². The van der Waals surface area contributed by atoms with Gasteiger partial charge in [-0.2, -0.15) is 5.26 Å². The van der Waals surface area contributed by atoms with Gasteiger partial charge in [0.15, 0.2) is 5.41 Å². The van der Waals surface area contributed by atoms with Crippen molar-refractivity contribution in [2.45, 2.75) is 19.4 Å². The predicted molar refractivity (Wildman–Crippen MR) is 77.5 cm³/mol. The number of rotatable bonds is 3. The fraction of sp³-hybridized carbons (Fsp3) is 0.438. The number of esters is 1. The maximum absolute atomic E-state index is 12.0. The van der Waals surface area contributed by atoms with Crippen molar-refractivity contribution >= 4 is 12.1 Å². The van der Waals surface area contributed by atoms with E-state index < -0.39 is 17.5 Å². The summed E-state index contributed by atoms with van der Waals surface area (Å²) in [4.78, 5) is 25.3. The first-order valence-corrected chi connectivity index (χ1v) is 7.06. The number of piperidine rings is 1. The van der Waals surface area contributed by atoms with E-state index in [2.05, 4.69) is 4.74 Å². The van der Waals surface area contributed by atoms with E-state index in [1.807, 2.05) is 36.4 Å². The lowest BCUT2D eigenvalue weighted by molar-refractivity contribution is -0.151. The quantitative estimate of drug-likeness (QED) is 0.799. The molecule has 1 aliphatic heterocycles. The van der Waals surface area contributed by atoms with Crippen LogP contribution in [0.3, 0.4) is 0 Å². The van der Waals surface area contributed by atoms with Gasteiger partial charge in [-0.15, -0.1) is 0 Å². The Hall–Kier alpha value is -2.55. The van der Waals surface area contributed by atoms with Crippen LogP contribution in [0.4, 0.5) is 4.79 Å². The molecular weight excluding hydrogens is 284 g/mol. The lowest BCUT2D eigenvalue weighted by Gasteiger charge is -2.34. The largest absolute Gasteiger partial charge is 0.468 e. The van der Waals surface area contributed by atoms with Crippen molar-refractivity contribution in [3.63, 3.8) is 0 Å². The highest BCUT2D eigenvalue weighted by Crippen LogP contribution is 2.32. The second kappa shape index (κ2) is 6.94. The highest BCUT2D eigenvalue weighted by molar-refractivity contribution is 5.80. The summed E-state index contributed by atoms with van der Waals surface area (Å²) in [5, 5.41) is 9.23. The van der Waals surface area contributed by atoms with Gasteiger partial charge < -0.3 is 14.4 Å². The van der Waals surface area contributed by atoms with Crippen molar-refractivity contribution in [3.05, 3.63) is 35.9 Å². The minimum atomic E-state index is -1.15. The van der Waals surface area contributed by atoms with Crippen LogP contribution in [0, 0.1) is 16.7 Å². The van der Waals surface area contributed by atoms with Crippen LogP contribution in [0.5, 0.6) is 0 Å². The topological polar surface area (TPSA) is 79.6 Å². The molecule has 0 N–H and O–H groups in total. The predicted octanol–water partition coefficient (Wildman–Crippen LogP) is 2.10. The van der Waals surface area contributed by atoms with Crippen molar-refractivity contribution in [1.29, 1.82) is 5.26 Å². The number of carbonyl (C=O) groups excluding carboxylic acids is 2. The number of hydrogen-bond donors (Lipinski definition) is 0. The average Bonchev–Trinajstić information content (AvgIpc) is 2.59. The highest BCUT2D eigenvalue weighted by Gasteiger charge is 2.44. The number of benzene rings is 1. The minimum absolute atomic E-state index is 0.205. The van der Waals surface area contributed by atoms with Crippen LogP contribution in [-0.2, 0) is 20.9 Å². The van der Waals surface area contributed by atoms with Crippen LogP contribution in [-0.4, -0.2) is 37.2 Å². The van der Waals surface area contributed by atoms with Gasteiger partial charge in [0.2, 0.25) is 0 Å². The van der Waals surface area contributed by atoms with Gasteiger partial charge in [0, 0.05) is 13.1 Å². The molecule has 0 unspecified atom stereocenters. The number of likely N-dealkylation sites (tertiary alicyclic amines) is 1. The first-order valence-electron chi connectivity index (χ1n) is 7.06. The normalized spacial score (nSPS) is 16.5. The Labute approximate surface area is 129 Å². The summed E-state index contributed by atoms with van der Waals surface area (Å²) in [6, 6.07) is 11.4. The molecule has 0 saturated carbocycles. The molecule has 1 aliphatic rings. The van der Waals surface area contributed by atoms with Gasteiger partial charge in [-0.25, -0.2) is 4.79 Å². The Bertz CT molecular complexity index is 572. The second-order valence-corrected chi connectivity index (χ2v) is 5.21. The third kappa shape index (κ3) is 3.37. The van der Waals surface area contributed by atoms with Crippen molar-refractivity contribution in [3.8, 4) is 6.07 Å². The zero-order valence-electron chi connectivity index (χ0n) is 12.4. The van der Waals surface area contributed by atoms with Crippen LogP contribution in [0.2, 0.25) is 0 Å². The van der Waals surface area contributed by atoms with Gasteiger partial charge in [0.25, 0.3) is 0 Å². The summed E-state index contributed by atoms with van der Waals surface area (Å²) in [5.74, 6) is -0.535. The van der Waals surface area contributed by atoms with E-state index in [4.69, 9.17) is 4.74 Å². The number of ether oxygens (including phenoxy) is 2. The van der Waals surface area contributed by atoms with E-state index in [0.29, 0.717) is 13.1 Å². The van der Waals surface area contributed by atoms with Crippen LogP contribution in [0.15, 0.2) is 30.3 Å². The SMILES string of the molecule is COC(=O)C1(C#N)CCN(C(=O)OCc2ccccc2)CC1. The van der Waals surface area contributed by atoms with Gasteiger partial charge in [-0.05, 0) is 18.4 Å². The van der Waals surface area contributed by atoms with Gasteiger partial charge in [-0.3, -0.25) is 4.79 Å².